The highest BCUT2D eigenvalue weighted by Gasteiger charge is 2.23. The molecule has 0 aromatic carbocycles. The molecule has 0 fully saturated rings. The summed E-state index contributed by atoms with van der Waals surface area (Å²) in [4.78, 5) is 10.4. The molecular formula is C12H25NO4S. The second-order valence-electron chi connectivity index (χ2n) is 5.42. The molecule has 0 bridgehead atoms. The van der Waals surface area contributed by atoms with Crippen LogP contribution in [0.25, 0.3) is 0 Å². The maximum Gasteiger partial charge on any atom is 0.303 e. The Morgan fingerprint density at radius 3 is 1.89 bits per heavy atom. The van der Waals surface area contributed by atoms with Crippen LogP contribution in [-0.4, -0.2) is 42.6 Å². The van der Waals surface area contributed by atoms with Crippen molar-refractivity contribution < 1.29 is 18.3 Å². The van der Waals surface area contributed by atoms with Gasteiger partial charge in [0.05, 0.1) is 5.75 Å². The van der Waals surface area contributed by atoms with Crippen LogP contribution in [0.1, 0.15) is 40.5 Å². The lowest BCUT2D eigenvalue weighted by Gasteiger charge is -2.25. The number of carbonyl (C=O) groups is 1. The van der Waals surface area contributed by atoms with E-state index in [-0.39, 0.29) is 30.4 Å². The molecule has 5 nitrogen and oxygen atoms in total. The van der Waals surface area contributed by atoms with Crippen molar-refractivity contribution in [1.29, 1.82) is 0 Å². The van der Waals surface area contributed by atoms with Crippen molar-refractivity contribution in [3.05, 3.63) is 0 Å². The maximum absolute atomic E-state index is 12.1. The van der Waals surface area contributed by atoms with Crippen molar-refractivity contribution in [1.82, 2.24) is 4.31 Å². The quantitative estimate of drug-likeness (QED) is 0.698. The van der Waals surface area contributed by atoms with E-state index in [1.807, 2.05) is 27.7 Å². The van der Waals surface area contributed by atoms with E-state index in [9.17, 15) is 13.2 Å². The lowest BCUT2D eigenvalue weighted by Crippen LogP contribution is -2.38. The standard InChI is InChI=1S/C12H25NO4S/c1-10(2)8-13(9-11(3)4)18(16,17)7-5-6-12(14)15/h10-11H,5-9H2,1-4H3,(H,14,15). The number of hydrogen-bond acceptors (Lipinski definition) is 3. The molecule has 0 spiro atoms. The molecule has 108 valence electrons. The molecule has 0 aromatic rings. The Morgan fingerprint density at radius 1 is 1.11 bits per heavy atom. The van der Waals surface area contributed by atoms with E-state index < -0.39 is 16.0 Å². The van der Waals surface area contributed by atoms with Crippen LogP contribution in [0.15, 0.2) is 0 Å². The molecule has 0 aromatic heterocycles. The molecule has 0 unspecified atom stereocenters. The van der Waals surface area contributed by atoms with Crippen molar-refractivity contribution >= 4 is 16.0 Å². The van der Waals surface area contributed by atoms with Gasteiger partial charge in [0.2, 0.25) is 10.0 Å². The zero-order valence-electron chi connectivity index (χ0n) is 11.7. The van der Waals surface area contributed by atoms with Crippen molar-refractivity contribution in [3.8, 4) is 0 Å². The summed E-state index contributed by atoms with van der Waals surface area (Å²) in [5.74, 6) is -0.515. The molecule has 0 saturated carbocycles. The molecule has 0 amide bonds. The summed E-state index contributed by atoms with van der Waals surface area (Å²) in [6.45, 7) is 8.88. The van der Waals surface area contributed by atoms with Crippen LogP contribution in [0.4, 0.5) is 0 Å². The molecule has 6 heteroatoms. The van der Waals surface area contributed by atoms with Gasteiger partial charge in [-0.15, -0.1) is 0 Å². The first-order valence-electron chi connectivity index (χ1n) is 6.34. The van der Waals surface area contributed by atoms with Gasteiger partial charge in [0.25, 0.3) is 0 Å². The predicted molar refractivity (Wildman–Crippen MR) is 71.9 cm³/mol. The van der Waals surface area contributed by atoms with Crippen LogP contribution in [0, 0.1) is 11.8 Å². The molecule has 18 heavy (non-hydrogen) atoms. The summed E-state index contributed by atoms with van der Waals surface area (Å²) in [6, 6.07) is 0. The highest BCUT2D eigenvalue weighted by Crippen LogP contribution is 2.11. The fourth-order valence-electron chi connectivity index (χ4n) is 1.65. The smallest absolute Gasteiger partial charge is 0.303 e. The lowest BCUT2D eigenvalue weighted by molar-refractivity contribution is -0.137. The summed E-state index contributed by atoms with van der Waals surface area (Å²) in [5, 5.41) is 8.53. The van der Waals surface area contributed by atoms with Gasteiger partial charge in [0.15, 0.2) is 0 Å². The van der Waals surface area contributed by atoms with E-state index in [0.29, 0.717) is 13.1 Å². The van der Waals surface area contributed by atoms with Gasteiger partial charge in [-0.25, -0.2) is 12.7 Å². The fraction of sp³-hybridized carbons (Fsp3) is 0.917. The van der Waals surface area contributed by atoms with Crippen molar-refractivity contribution in [2.75, 3.05) is 18.8 Å². The average molecular weight is 279 g/mol. The van der Waals surface area contributed by atoms with Gasteiger partial charge in [-0.1, -0.05) is 27.7 Å². The Bertz CT molecular complexity index is 339. The van der Waals surface area contributed by atoms with E-state index in [1.165, 1.54) is 4.31 Å². The van der Waals surface area contributed by atoms with Crippen molar-refractivity contribution in [2.45, 2.75) is 40.5 Å². The number of hydrogen-bond donors (Lipinski definition) is 1. The summed E-state index contributed by atoms with van der Waals surface area (Å²) in [6.07, 6.45) is 0.0702. The normalized spacial score (nSPS) is 12.6. The van der Waals surface area contributed by atoms with E-state index in [1.54, 1.807) is 0 Å². The van der Waals surface area contributed by atoms with Gasteiger partial charge >= 0.3 is 5.97 Å². The first kappa shape index (κ1) is 17.4. The summed E-state index contributed by atoms with van der Waals surface area (Å²) < 4.78 is 25.7. The molecule has 0 aliphatic carbocycles. The molecular weight excluding hydrogens is 254 g/mol. The largest absolute Gasteiger partial charge is 0.481 e. The second kappa shape index (κ2) is 7.74. The number of aliphatic carboxylic acids is 1. The van der Waals surface area contributed by atoms with Crippen molar-refractivity contribution in [2.24, 2.45) is 11.8 Å². The van der Waals surface area contributed by atoms with Crippen LogP contribution in [0.3, 0.4) is 0 Å². The van der Waals surface area contributed by atoms with E-state index in [4.69, 9.17) is 5.11 Å². The minimum Gasteiger partial charge on any atom is -0.481 e. The van der Waals surface area contributed by atoms with Gasteiger partial charge in [0.1, 0.15) is 0 Å². The van der Waals surface area contributed by atoms with Crippen molar-refractivity contribution in [3.63, 3.8) is 0 Å². The fourth-order valence-corrected chi connectivity index (χ4v) is 3.47. The zero-order chi connectivity index (χ0) is 14.3. The highest BCUT2D eigenvalue weighted by molar-refractivity contribution is 7.89. The van der Waals surface area contributed by atoms with E-state index >= 15 is 0 Å². The number of sulfonamides is 1. The number of carboxylic acid groups (broad SMARTS) is 1. The van der Waals surface area contributed by atoms with E-state index in [2.05, 4.69) is 0 Å². The topological polar surface area (TPSA) is 74.7 Å². The minimum absolute atomic E-state index is 0.0846. The zero-order valence-corrected chi connectivity index (χ0v) is 12.5. The Balaban J connectivity index is 4.58. The van der Waals surface area contributed by atoms with Gasteiger partial charge in [-0.3, -0.25) is 4.79 Å². The van der Waals surface area contributed by atoms with Crippen LogP contribution in [-0.2, 0) is 14.8 Å². The Kier molecular flexibility index (Phi) is 7.47. The number of nitrogens with zero attached hydrogens (tertiary/aromatic N) is 1. The Labute approximate surface area is 110 Å². The van der Waals surface area contributed by atoms with Crippen LogP contribution in [0.2, 0.25) is 0 Å². The second-order valence-corrected chi connectivity index (χ2v) is 7.51. The highest BCUT2D eigenvalue weighted by atomic mass is 32.2. The monoisotopic (exact) mass is 279 g/mol. The summed E-state index contributed by atoms with van der Waals surface area (Å²) in [5.41, 5.74) is 0. The third-order valence-corrected chi connectivity index (χ3v) is 4.21. The molecule has 0 atom stereocenters. The van der Waals surface area contributed by atoms with Crippen LogP contribution < -0.4 is 0 Å². The Morgan fingerprint density at radius 2 is 1.56 bits per heavy atom. The minimum atomic E-state index is -3.34. The molecule has 0 aliphatic heterocycles. The van der Waals surface area contributed by atoms with Crippen LogP contribution >= 0.6 is 0 Å². The van der Waals surface area contributed by atoms with Gasteiger partial charge in [-0.05, 0) is 18.3 Å². The van der Waals surface area contributed by atoms with Gasteiger partial charge in [-0.2, -0.15) is 0 Å². The Hall–Kier alpha value is -0.620. The van der Waals surface area contributed by atoms with Gasteiger partial charge in [0, 0.05) is 19.5 Å². The average Bonchev–Trinajstić information content (AvgIpc) is 2.13. The molecule has 1 N–H and O–H groups in total. The summed E-state index contributed by atoms with van der Waals surface area (Å²) in [7, 11) is -3.34. The number of carboxylic acids is 1. The lowest BCUT2D eigenvalue weighted by atomic mass is 10.2. The maximum atomic E-state index is 12.1. The SMILES string of the molecule is CC(C)CN(CC(C)C)S(=O)(=O)CCCC(=O)O. The molecule has 0 saturated heterocycles. The predicted octanol–water partition coefficient (Wildman–Crippen LogP) is 1.79. The molecule has 0 heterocycles. The molecule has 0 aliphatic rings. The first-order chi connectivity index (χ1) is 8.15. The third kappa shape index (κ3) is 7.66. The number of rotatable bonds is 9. The molecule has 0 rings (SSSR count). The first-order valence-corrected chi connectivity index (χ1v) is 7.95. The summed E-state index contributed by atoms with van der Waals surface area (Å²) >= 11 is 0. The molecule has 0 radical (unpaired) electrons. The van der Waals surface area contributed by atoms with Gasteiger partial charge < -0.3 is 5.11 Å². The van der Waals surface area contributed by atoms with Crippen LogP contribution in [0.5, 0.6) is 0 Å². The third-order valence-electron chi connectivity index (χ3n) is 2.32. The van der Waals surface area contributed by atoms with E-state index in [0.717, 1.165) is 0 Å².